The topological polar surface area (TPSA) is 91.4 Å². The molecule has 14 heavy (non-hydrogen) atoms. The van der Waals surface area contributed by atoms with Gasteiger partial charge in [-0.05, 0) is 6.42 Å². The SMILES string of the molecule is OCCc1noc([C@@H]2C[C@@H](O)CN2)n1. The van der Waals surface area contributed by atoms with E-state index in [1.165, 1.54) is 0 Å². The molecule has 0 radical (unpaired) electrons. The maximum atomic E-state index is 9.28. The number of hydrogen-bond acceptors (Lipinski definition) is 6. The van der Waals surface area contributed by atoms with E-state index in [0.717, 1.165) is 0 Å². The van der Waals surface area contributed by atoms with Crippen LogP contribution in [0.2, 0.25) is 0 Å². The molecule has 0 unspecified atom stereocenters. The first-order chi connectivity index (χ1) is 6.79. The van der Waals surface area contributed by atoms with Crippen LogP contribution < -0.4 is 5.32 Å². The normalized spacial score (nSPS) is 27.0. The van der Waals surface area contributed by atoms with Crippen LogP contribution in [0.4, 0.5) is 0 Å². The van der Waals surface area contributed by atoms with Crippen molar-refractivity contribution >= 4 is 0 Å². The molecule has 1 aromatic heterocycles. The van der Waals surface area contributed by atoms with Crippen molar-refractivity contribution < 1.29 is 14.7 Å². The summed E-state index contributed by atoms with van der Waals surface area (Å²) in [5.41, 5.74) is 0. The van der Waals surface area contributed by atoms with Gasteiger partial charge in [0.2, 0.25) is 5.89 Å². The van der Waals surface area contributed by atoms with Gasteiger partial charge in [-0.25, -0.2) is 0 Å². The van der Waals surface area contributed by atoms with E-state index in [2.05, 4.69) is 15.5 Å². The summed E-state index contributed by atoms with van der Waals surface area (Å²) in [5, 5.41) is 24.7. The Kier molecular flexibility index (Phi) is 2.76. The van der Waals surface area contributed by atoms with Crippen LogP contribution in [0.5, 0.6) is 0 Å². The predicted octanol–water partition coefficient (Wildman–Crippen LogP) is -1.00. The Morgan fingerprint density at radius 3 is 3.07 bits per heavy atom. The lowest BCUT2D eigenvalue weighted by Crippen LogP contribution is -2.15. The lowest BCUT2D eigenvalue weighted by Gasteiger charge is -2.01. The van der Waals surface area contributed by atoms with Gasteiger partial charge in [0, 0.05) is 13.0 Å². The number of aliphatic hydroxyl groups excluding tert-OH is 2. The summed E-state index contributed by atoms with van der Waals surface area (Å²) >= 11 is 0. The first-order valence-electron chi connectivity index (χ1n) is 4.64. The molecule has 0 amide bonds. The van der Waals surface area contributed by atoms with E-state index in [0.29, 0.717) is 31.1 Å². The van der Waals surface area contributed by atoms with E-state index in [4.69, 9.17) is 9.63 Å². The van der Waals surface area contributed by atoms with Gasteiger partial charge in [0.15, 0.2) is 5.82 Å². The summed E-state index contributed by atoms with van der Waals surface area (Å²) in [7, 11) is 0. The zero-order valence-electron chi connectivity index (χ0n) is 7.68. The maximum Gasteiger partial charge on any atom is 0.243 e. The van der Waals surface area contributed by atoms with E-state index in [1.54, 1.807) is 0 Å². The number of aliphatic hydroxyl groups is 2. The van der Waals surface area contributed by atoms with Crippen molar-refractivity contribution in [3.63, 3.8) is 0 Å². The summed E-state index contributed by atoms with van der Waals surface area (Å²) in [4.78, 5) is 4.11. The van der Waals surface area contributed by atoms with E-state index < -0.39 is 0 Å². The highest BCUT2D eigenvalue weighted by Gasteiger charge is 2.27. The number of hydrogen-bond donors (Lipinski definition) is 3. The van der Waals surface area contributed by atoms with Crippen molar-refractivity contribution in [1.82, 2.24) is 15.5 Å². The minimum atomic E-state index is -0.340. The fourth-order valence-corrected chi connectivity index (χ4v) is 1.52. The molecule has 0 aromatic carbocycles. The lowest BCUT2D eigenvalue weighted by molar-refractivity contribution is 0.191. The van der Waals surface area contributed by atoms with Gasteiger partial charge in [-0.15, -0.1) is 0 Å². The van der Waals surface area contributed by atoms with Crippen LogP contribution in [0.3, 0.4) is 0 Å². The molecule has 1 aliphatic rings. The Hall–Kier alpha value is -0.980. The number of nitrogens with zero attached hydrogens (tertiary/aromatic N) is 2. The minimum Gasteiger partial charge on any atom is -0.396 e. The van der Waals surface area contributed by atoms with E-state index in [1.807, 2.05) is 0 Å². The van der Waals surface area contributed by atoms with Crippen LogP contribution >= 0.6 is 0 Å². The first-order valence-corrected chi connectivity index (χ1v) is 4.64. The Morgan fingerprint density at radius 2 is 2.43 bits per heavy atom. The average Bonchev–Trinajstić information content (AvgIpc) is 2.74. The first kappa shape index (κ1) is 9.57. The van der Waals surface area contributed by atoms with Crippen molar-refractivity contribution in [2.75, 3.05) is 13.2 Å². The van der Waals surface area contributed by atoms with Crippen molar-refractivity contribution in [2.45, 2.75) is 25.0 Å². The van der Waals surface area contributed by atoms with Gasteiger partial charge < -0.3 is 20.1 Å². The van der Waals surface area contributed by atoms with Crippen molar-refractivity contribution in [2.24, 2.45) is 0 Å². The highest BCUT2D eigenvalue weighted by Crippen LogP contribution is 2.21. The second-order valence-electron chi connectivity index (χ2n) is 3.37. The second-order valence-corrected chi connectivity index (χ2v) is 3.37. The third-order valence-corrected chi connectivity index (χ3v) is 2.22. The Morgan fingerprint density at radius 1 is 1.57 bits per heavy atom. The minimum absolute atomic E-state index is 0.0136. The second kappa shape index (κ2) is 4.04. The molecule has 6 nitrogen and oxygen atoms in total. The summed E-state index contributed by atoms with van der Waals surface area (Å²) < 4.78 is 5.00. The maximum absolute atomic E-state index is 9.28. The standard InChI is InChI=1S/C8H13N3O3/c12-2-1-7-10-8(14-11-7)6-3-5(13)4-9-6/h5-6,9,12-13H,1-4H2/t5-,6+/m1/s1. The monoisotopic (exact) mass is 199 g/mol. The van der Waals surface area contributed by atoms with E-state index in [9.17, 15) is 5.11 Å². The third-order valence-electron chi connectivity index (χ3n) is 2.22. The highest BCUT2D eigenvalue weighted by atomic mass is 16.5. The van der Waals surface area contributed by atoms with Gasteiger partial charge in [0.25, 0.3) is 0 Å². The largest absolute Gasteiger partial charge is 0.396 e. The predicted molar refractivity (Wildman–Crippen MR) is 46.5 cm³/mol. The lowest BCUT2D eigenvalue weighted by atomic mass is 10.2. The molecule has 0 bridgehead atoms. The van der Waals surface area contributed by atoms with Gasteiger partial charge in [0.1, 0.15) is 0 Å². The van der Waals surface area contributed by atoms with E-state index >= 15 is 0 Å². The van der Waals surface area contributed by atoms with Gasteiger partial charge in [-0.2, -0.15) is 4.98 Å². The molecule has 1 aliphatic heterocycles. The van der Waals surface area contributed by atoms with Gasteiger partial charge in [-0.1, -0.05) is 5.16 Å². The Labute approximate surface area is 80.9 Å². The van der Waals surface area contributed by atoms with E-state index in [-0.39, 0.29) is 18.8 Å². The number of rotatable bonds is 3. The molecule has 3 N–H and O–H groups in total. The zero-order chi connectivity index (χ0) is 9.97. The van der Waals surface area contributed by atoms with Gasteiger partial charge in [-0.3, -0.25) is 0 Å². The smallest absolute Gasteiger partial charge is 0.243 e. The molecule has 1 fully saturated rings. The number of nitrogens with one attached hydrogen (secondary N) is 1. The molecule has 1 saturated heterocycles. The van der Waals surface area contributed by atoms with Crippen molar-refractivity contribution in [3.8, 4) is 0 Å². The summed E-state index contributed by atoms with van der Waals surface area (Å²) in [6.45, 7) is 0.572. The van der Waals surface area contributed by atoms with Gasteiger partial charge >= 0.3 is 0 Å². The molecule has 2 rings (SSSR count). The molecule has 0 spiro atoms. The molecular weight excluding hydrogens is 186 g/mol. The summed E-state index contributed by atoms with van der Waals surface area (Å²) in [6, 6.07) is -0.0510. The molecule has 6 heteroatoms. The number of β-amino-alcohol motifs (C(OH)–C–C–N with tert-alkyl or cyclic N) is 1. The van der Waals surface area contributed by atoms with Crippen LogP contribution in [-0.2, 0) is 6.42 Å². The van der Waals surface area contributed by atoms with Crippen molar-refractivity contribution in [3.05, 3.63) is 11.7 Å². The van der Waals surface area contributed by atoms with Crippen LogP contribution in [0.1, 0.15) is 24.2 Å². The van der Waals surface area contributed by atoms with Crippen molar-refractivity contribution in [1.29, 1.82) is 0 Å². The molecule has 1 aromatic rings. The van der Waals surface area contributed by atoms with Crippen LogP contribution in [0, 0.1) is 0 Å². The highest BCUT2D eigenvalue weighted by molar-refractivity contribution is 4.97. The van der Waals surface area contributed by atoms with Crippen LogP contribution in [0.25, 0.3) is 0 Å². The Balaban J connectivity index is 2.02. The van der Waals surface area contributed by atoms with Crippen LogP contribution in [-0.4, -0.2) is 39.6 Å². The fourth-order valence-electron chi connectivity index (χ4n) is 1.52. The average molecular weight is 199 g/mol. The fraction of sp³-hybridized carbons (Fsp3) is 0.750. The quantitative estimate of drug-likeness (QED) is 0.578. The molecule has 2 atom stereocenters. The summed E-state index contributed by atoms with van der Waals surface area (Å²) in [6.07, 6.45) is 0.660. The number of aromatic nitrogens is 2. The Bertz CT molecular complexity index is 302. The van der Waals surface area contributed by atoms with Crippen LogP contribution in [0.15, 0.2) is 4.52 Å². The summed E-state index contributed by atoms with van der Waals surface area (Å²) in [5.74, 6) is 0.996. The van der Waals surface area contributed by atoms with Gasteiger partial charge in [0.05, 0.1) is 18.8 Å². The molecular formula is C8H13N3O3. The molecule has 0 aliphatic carbocycles. The molecule has 2 heterocycles. The molecule has 78 valence electrons. The zero-order valence-corrected chi connectivity index (χ0v) is 7.68. The molecule has 0 saturated carbocycles. The third kappa shape index (κ3) is 1.92.